The molecule has 1 aromatic carbocycles. The lowest BCUT2D eigenvalue weighted by Gasteiger charge is -1.98. The second-order valence-electron chi connectivity index (χ2n) is 3.36. The minimum absolute atomic E-state index is 0.00583. The van der Waals surface area contributed by atoms with Crippen molar-refractivity contribution in [3.63, 3.8) is 0 Å². The topological polar surface area (TPSA) is 37.3 Å². The minimum Gasteiger partial charge on any atom is -0.481 e. The van der Waals surface area contributed by atoms with Crippen molar-refractivity contribution in [1.29, 1.82) is 0 Å². The van der Waals surface area contributed by atoms with E-state index in [0.717, 1.165) is 11.1 Å². The number of benzene rings is 1. The van der Waals surface area contributed by atoms with Crippen LogP contribution in [0.25, 0.3) is 6.08 Å². The van der Waals surface area contributed by atoms with Gasteiger partial charge in [0.1, 0.15) is 5.82 Å². The molecular formula is C11H9FO2. The third kappa shape index (κ3) is 1.53. The molecule has 1 aromatic rings. The molecule has 0 spiro atoms. The van der Waals surface area contributed by atoms with E-state index in [9.17, 15) is 9.18 Å². The Hall–Kier alpha value is -1.64. The second kappa shape index (κ2) is 3.25. The van der Waals surface area contributed by atoms with Crippen LogP contribution in [0.2, 0.25) is 0 Å². The smallest absolute Gasteiger partial charge is 0.307 e. The number of aliphatic carboxylic acids is 1. The zero-order valence-electron chi connectivity index (χ0n) is 7.46. The van der Waals surface area contributed by atoms with E-state index in [-0.39, 0.29) is 12.2 Å². The third-order valence-corrected chi connectivity index (χ3v) is 2.29. The first-order valence-electron chi connectivity index (χ1n) is 4.35. The molecule has 2 nitrogen and oxygen atoms in total. The highest BCUT2D eigenvalue weighted by Crippen LogP contribution is 2.28. The van der Waals surface area contributed by atoms with Gasteiger partial charge in [-0.3, -0.25) is 4.79 Å². The zero-order valence-corrected chi connectivity index (χ0v) is 7.46. The molecule has 3 heteroatoms. The molecule has 2 rings (SSSR count). The number of hydrogen-bond donors (Lipinski definition) is 1. The molecule has 0 saturated heterocycles. The number of carbonyl (C=O) groups is 1. The van der Waals surface area contributed by atoms with Gasteiger partial charge in [0.05, 0.1) is 6.42 Å². The molecule has 0 aliphatic heterocycles. The summed E-state index contributed by atoms with van der Waals surface area (Å²) in [5.41, 5.74) is 2.18. The first kappa shape index (κ1) is 8.94. The molecule has 72 valence electrons. The Balaban J connectivity index is 2.30. The van der Waals surface area contributed by atoms with Gasteiger partial charge < -0.3 is 5.11 Å². The number of hydrogen-bond acceptors (Lipinski definition) is 1. The van der Waals surface area contributed by atoms with Gasteiger partial charge in [0.2, 0.25) is 0 Å². The molecule has 0 heterocycles. The monoisotopic (exact) mass is 192 g/mol. The van der Waals surface area contributed by atoms with Crippen LogP contribution < -0.4 is 0 Å². The highest BCUT2D eigenvalue weighted by atomic mass is 19.1. The first-order chi connectivity index (χ1) is 6.66. The van der Waals surface area contributed by atoms with E-state index in [1.165, 1.54) is 6.07 Å². The van der Waals surface area contributed by atoms with Crippen LogP contribution in [0.4, 0.5) is 4.39 Å². The van der Waals surface area contributed by atoms with Gasteiger partial charge in [-0.1, -0.05) is 23.8 Å². The average molecular weight is 192 g/mol. The lowest BCUT2D eigenvalue weighted by molar-refractivity contribution is -0.136. The van der Waals surface area contributed by atoms with Crippen molar-refractivity contribution in [1.82, 2.24) is 0 Å². The van der Waals surface area contributed by atoms with E-state index in [2.05, 4.69) is 0 Å². The van der Waals surface area contributed by atoms with E-state index in [1.807, 2.05) is 6.07 Å². The summed E-state index contributed by atoms with van der Waals surface area (Å²) in [6, 6.07) is 4.86. The highest BCUT2D eigenvalue weighted by Gasteiger charge is 2.17. The van der Waals surface area contributed by atoms with Gasteiger partial charge >= 0.3 is 5.97 Å². The van der Waals surface area contributed by atoms with Crippen molar-refractivity contribution in [3.05, 3.63) is 40.7 Å². The third-order valence-electron chi connectivity index (χ3n) is 2.29. The van der Waals surface area contributed by atoms with Crippen LogP contribution in [-0.2, 0) is 11.2 Å². The maximum absolute atomic E-state index is 13.2. The van der Waals surface area contributed by atoms with Crippen molar-refractivity contribution in [3.8, 4) is 0 Å². The number of carboxylic acid groups (broad SMARTS) is 1. The van der Waals surface area contributed by atoms with Gasteiger partial charge in [-0.15, -0.1) is 0 Å². The lowest BCUT2D eigenvalue weighted by Crippen LogP contribution is -1.96. The van der Waals surface area contributed by atoms with Crippen LogP contribution in [0.1, 0.15) is 17.5 Å². The summed E-state index contributed by atoms with van der Waals surface area (Å²) in [5.74, 6) is -1.15. The lowest BCUT2D eigenvalue weighted by atomic mass is 10.1. The Labute approximate surface area is 80.7 Å². The molecule has 0 fully saturated rings. The molecule has 0 atom stereocenters. The molecule has 0 aromatic heterocycles. The normalized spacial score (nSPS) is 13.6. The van der Waals surface area contributed by atoms with Crippen molar-refractivity contribution in [2.24, 2.45) is 0 Å². The van der Waals surface area contributed by atoms with E-state index in [4.69, 9.17) is 5.11 Å². The number of rotatable bonds is 2. The van der Waals surface area contributed by atoms with Crippen LogP contribution >= 0.6 is 0 Å². The summed E-state index contributed by atoms with van der Waals surface area (Å²) < 4.78 is 13.2. The van der Waals surface area contributed by atoms with Crippen LogP contribution in [0.5, 0.6) is 0 Å². The SMILES string of the molecule is O=C(O)CC1=Cc2c(F)cccc2C1. The second-order valence-corrected chi connectivity index (χ2v) is 3.36. The van der Waals surface area contributed by atoms with Crippen molar-refractivity contribution < 1.29 is 14.3 Å². The summed E-state index contributed by atoms with van der Waals surface area (Å²) >= 11 is 0. The first-order valence-corrected chi connectivity index (χ1v) is 4.35. The van der Waals surface area contributed by atoms with Crippen LogP contribution in [0, 0.1) is 5.82 Å². The summed E-state index contributed by atoms with van der Waals surface area (Å²) in [5, 5.41) is 8.59. The molecule has 0 radical (unpaired) electrons. The van der Waals surface area contributed by atoms with Gasteiger partial charge in [0, 0.05) is 5.56 Å². The standard InChI is InChI=1S/C11H9FO2/c12-10-3-1-2-8-4-7(5-9(8)10)6-11(13)14/h1-3,5H,4,6H2,(H,13,14). The van der Waals surface area contributed by atoms with Crippen LogP contribution in [0.15, 0.2) is 23.8 Å². The summed E-state index contributed by atoms with van der Waals surface area (Å²) in [4.78, 5) is 10.5. The summed E-state index contributed by atoms with van der Waals surface area (Å²) in [6.07, 6.45) is 2.19. The fraction of sp³-hybridized carbons (Fsp3) is 0.182. The van der Waals surface area contributed by atoms with E-state index >= 15 is 0 Å². The van der Waals surface area contributed by atoms with Crippen LogP contribution in [-0.4, -0.2) is 11.1 Å². The fourth-order valence-electron chi connectivity index (χ4n) is 1.71. The number of halogens is 1. The predicted octanol–water partition coefficient (Wildman–Crippen LogP) is 2.24. The number of carboxylic acids is 1. The molecule has 1 aliphatic carbocycles. The average Bonchev–Trinajstić information content (AvgIpc) is 2.47. The molecule has 0 bridgehead atoms. The largest absolute Gasteiger partial charge is 0.481 e. The maximum Gasteiger partial charge on any atom is 0.307 e. The summed E-state index contributed by atoms with van der Waals surface area (Å²) in [6.45, 7) is 0. The molecule has 1 N–H and O–H groups in total. The van der Waals surface area contributed by atoms with Crippen LogP contribution in [0.3, 0.4) is 0 Å². The van der Waals surface area contributed by atoms with Crippen molar-refractivity contribution in [2.75, 3.05) is 0 Å². The van der Waals surface area contributed by atoms with E-state index in [0.29, 0.717) is 12.0 Å². The molecular weight excluding hydrogens is 183 g/mol. The Morgan fingerprint density at radius 3 is 2.93 bits per heavy atom. The van der Waals surface area contributed by atoms with Gasteiger partial charge in [0.25, 0.3) is 0 Å². The Bertz CT molecular complexity index is 421. The minimum atomic E-state index is -0.871. The quantitative estimate of drug-likeness (QED) is 0.780. The molecule has 14 heavy (non-hydrogen) atoms. The number of fused-ring (bicyclic) bond motifs is 1. The Morgan fingerprint density at radius 1 is 1.50 bits per heavy atom. The molecule has 1 aliphatic rings. The van der Waals surface area contributed by atoms with Gasteiger partial charge in [-0.05, 0) is 18.1 Å². The zero-order chi connectivity index (χ0) is 10.1. The van der Waals surface area contributed by atoms with E-state index < -0.39 is 5.97 Å². The van der Waals surface area contributed by atoms with Gasteiger partial charge in [0.15, 0.2) is 0 Å². The maximum atomic E-state index is 13.2. The van der Waals surface area contributed by atoms with Crippen molar-refractivity contribution in [2.45, 2.75) is 12.8 Å². The molecule has 0 amide bonds. The Morgan fingerprint density at radius 2 is 2.29 bits per heavy atom. The highest BCUT2D eigenvalue weighted by molar-refractivity contribution is 5.75. The summed E-state index contributed by atoms with van der Waals surface area (Å²) in [7, 11) is 0. The molecule has 0 saturated carbocycles. The van der Waals surface area contributed by atoms with E-state index in [1.54, 1.807) is 12.1 Å². The fourth-order valence-corrected chi connectivity index (χ4v) is 1.71. The Kier molecular flexibility index (Phi) is 2.08. The molecule has 0 unspecified atom stereocenters. The van der Waals surface area contributed by atoms with Gasteiger partial charge in [-0.2, -0.15) is 0 Å². The van der Waals surface area contributed by atoms with Gasteiger partial charge in [-0.25, -0.2) is 4.39 Å². The predicted molar refractivity (Wildman–Crippen MR) is 50.3 cm³/mol. The van der Waals surface area contributed by atoms with Crippen molar-refractivity contribution >= 4 is 12.0 Å².